The molecule has 5 nitrogen and oxygen atoms in total. The molecule has 0 fully saturated rings. The Morgan fingerprint density at radius 2 is 1.67 bits per heavy atom. The normalized spacial score (nSPS) is 11.3. The molecule has 2 aromatic rings. The van der Waals surface area contributed by atoms with Crippen molar-refractivity contribution in [1.82, 2.24) is 5.32 Å². The van der Waals surface area contributed by atoms with Crippen LogP contribution in [-0.4, -0.2) is 23.0 Å². The molecule has 0 aliphatic heterocycles. The highest BCUT2D eigenvalue weighted by Crippen LogP contribution is 2.19. The van der Waals surface area contributed by atoms with Gasteiger partial charge in [-0.05, 0) is 36.1 Å². The quantitative estimate of drug-likeness (QED) is 0.766. The number of hydrogen-bond donors (Lipinski definition) is 2. The van der Waals surface area contributed by atoms with Crippen molar-refractivity contribution in [2.24, 2.45) is 0 Å². The lowest BCUT2D eigenvalue weighted by molar-refractivity contribution is -0.139. The monoisotopic (exact) mass is 322 g/mol. The third kappa shape index (κ3) is 4.68. The van der Waals surface area contributed by atoms with Gasteiger partial charge in [0, 0.05) is 12.0 Å². The number of carbonyl (C=O) groups excluding carboxylic acids is 1. The van der Waals surface area contributed by atoms with E-state index in [9.17, 15) is 9.59 Å². The molecule has 2 aromatic carbocycles. The molecule has 2 rings (SSSR count). The van der Waals surface area contributed by atoms with Gasteiger partial charge in [0.1, 0.15) is 6.04 Å². The summed E-state index contributed by atoms with van der Waals surface area (Å²) in [5.41, 5.74) is 2.43. The SMILES string of the molecule is N#CCCC[C@H](NC(=O)c1ccc(-c2ccccc2)cc1)C(=O)O. The molecule has 5 heteroatoms. The summed E-state index contributed by atoms with van der Waals surface area (Å²) in [5, 5.41) is 20.2. The van der Waals surface area contributed by atoms with Crippen molar-refractivity contribution in [3.8, 4) is 17.2 Å². The summed E-state index contributed by atoms with van der Waals surface area (Å²) >= 11 is 0. The van der Waals surface area contributed by atoms with Crippen LogP contribution in [0.1, 0.15) is 29.6 Å². The maximum absolute atomic E-state index is 12.2. The predicted molar refractivity (Wildman–Crippen MR) is 90.2 cm³/mol. The zero-order valence-electron chi connectivity index (χ0n) is 13.1. The molecule has 122 valence electrons. The number of nitriles is 1. The lowest BCUT2D eigenvalue weighted by atomic mass is 10.0. The largest absolute Gasteiger partial charge is 0.480 e. The average molecular weight is 322 g/mol. The number of nitrogens with zero attached hydrogens (tertiary/aromatic N) is 1. The molecule has 1 amide bonds. The van der Waals surface area contributed by atoms with Crippen LogP contribution < -0.4 is 5.32 Å². The minimum absolute atomic E-state index is 0.233. The topological polar surface area (TPSA) is 90.2 Å². The second kappa shape index (κ2) is 8.49. The molecule has 0 radical (unpaired) electrons. The van der Waals surface area contributed by atoms with Gasteiger partial charge in [0.15, 0.2) is 0 Å². The van der Waals surface area contributed by atoms with Crippen molar-refractivity contribution in [3.05, 3.63) is 60.2 Å². The van der Waals surface area contributed by atoms with Crippen molar-refractivity contribution in [1.29, 1.82) is 5.26 Å². The third-order valence-corrected chi connectivity index (χ3v) is 3.64. The number of unbranched alkanes of at least 4 members (excludes halogenated alkanes) is 1. The Hall–Kier alpha value is -3.13. The molecule has 2 N–H and O–H groups in total. The Labute approximate surface area is 140 Å². The first-order valence-corrected chi connectivity index (χ1v) is 7.68. The Morgan fingerprint density at radius 3 is 2.25 bits per heavy atom. The fourth-order valence-corrected chi connectivity index (χ4v) is 2.33. The summed E-state index contributed by atoms with van der Waals surface area (Å²) in [6, 6.07) is 17.7. The number of aliphatic carboxylic acids is 1. The number of carbonyl (C=O) groups is 2. The molecule has 0 heterocycles. The van der Waals surface area contributed by atoms with E-state index in [4.69, 9.17) is 10.4 Å². The minimum atomic E-state index is -1.10. The van der Waals surface area contributed by atoms with Gasteiger partial charge in [-0.25, -0.2) is 4.79 Å². The second-order valence-corrected chi connectivity index (χ2v) is 5.36. The highest BCUT2D eigenvalue weighted by Gasteiger charge is 2.20. The van der Waals surface area contributed by atoms with E-state index in [1.54, 1.807) is 12.1 Å². The van der Waals surface area contributed by atoms with E-state index in [0.717, 1.165) is 11.1 Å². The standard InChI is InChI=1S/C19H18N2O3/c20-13-5-4-8-17(19(23)24)21-18(22)16-11-9-15(10-12-16)14-6-2-1-3-7-14/h1-3,6-7,9-12,17H,4-5,8H2,(H,21,22)(H,23,24)/t17-/m0/s1. The smallest absolute Gasteiger partial charge is 0.326 e. The Morgan fingerprint density at radius 1 is 1.04 bits per heavy atom. The number of nitrogens with one attached hydrogen (secondary N) is 1. The first-order valence-electron chi connectivity index (χ1n) is 7.68. The first-order chi connectivity index (χ1) is 11.6. The van der Waals surface area contributed by atoms with Gasteiger partial charge in [-0.2, -0.15) is 5.26 Å². The van der Waals surface area contributed by atoms with Crippen molar-refractivity contribution < 1.29 is 14.7 Å². The summed E-state index contributed by atoms with van der Waals surface area (Å²) in [6.07, 6.45) is 0.933. The molecule has 1 atom stereocenters. The Balaban J connectivity index is 2.03. The van der Waals surface area contributed by atoms with Gasteiger partial charge >= 0.3 is 5.97 Å². The number of rotatable bonds is 7. The second-order valence-electron chi connectivity index (χ2n) is 5.36. The highest BCUT2D eigenvalue weighted by molar-refractivity contribution is 5.97. The van der Waals surface area contributed by atoms with Crippen LogP contribution in [0.3, 0.4) is 0 Å². The van der Waals surface area contributed by atoms with E-state index in [1.807, 2.05) is 48.5 Å². The molecule has 0 aromatic heterocycles. The molecule has 0 saturated carbocycles. The van der Waals surface area contributed by atoms with E-state index in [-0.39, 0.29) is 12.8 Å². The molecule has 0 spiro atoms. The van der Waals surface area contributed by atoms with E-state index >= 15 is 0 Å². The fraction of sp³-hybridized carbons (Fsp3) is 0.211. The van der Waals surface area contributed by atoms with Crippen molar-refractivity contribution in [2.75, 3.05) is 0 Å². The summed E-state index contributed by atoms with van der Waals surface area (Å²) in [5.74, 6) is -1.53. The van der Waals surface area contributed by atoms with E-state index < -0.39 is 17.9 Å². The zero-order valence-corrected chi connectivity index (χ0v) is 13.1. The number of carboxylic acid groups (broad SMARTS) is 1. The van der Waals surface area contributed by atoms with Gasteiger partial charge in [0.2, 0.25) is 0 Å². The Bertz CT molecular complexity index is 733. The van der Waals surface area contributed by atoms with E-state index in [1.165, 1.54) is 0 Å². The maximum Gasteiger partial charge on any atom is 0.326 e. The number of hydrogen-bond acceptors (Lipinski definition) is 3. The number of carboxylic acids is 1. The van der Waals surface area contributed by atoms with Crippen LogP contribution >= 0.6 is 0 Å². The molecule has 0 unspecified atom stereocenters. The lowest BCUT2D eigenvalue weighted by Crippen LogP contribution is -2.40. The molecule has 0 aliphatic rings. The molecule has 0 aliphatic carbocycles. The summed E-state index contributed by atoms with van der Waals surface area (Å²) in [4.78, 5) is 23.4. The average Bonchev–Trinajstić information content (AvgIpc) is 2.61. The van der Waals surface area contributed by atoms with Crippen LogP contribution in [0, 0.1) is 11.3 Å². The molecular weight excluding hydrogens is 304 g/mol. The lowest BCUT2D eigenvalue weighted by Gasteiger charge is -2.14. The van der Waals surface area contributed by atoms with Crippen LogP contribution in [0.15, 0.2) is 54.6 Å². The fourth-order valence-electron chi connectivity index (χ4n) is 2.33. The Kier molecular flexibility index (Phi) is 6.09. The van der Waals surface area contributed by atoms with Gasteiger partial charge in [-0.3, -0.25) is 4.79 Å². The summed E-state index contributed by atoms with van der Waals surface area (Å²) < 4.78 is 0. The molecule has 24 heavy (non-hydrogen) atoms. The predicted octanol–water partition coefficient (Wildman–Crippen LogP) is 3.23. The van der Waals surface area contributed by atoms with Crippen LogP contribution in [0.25, 0.3) is 11.1 Å². The van der Waals surface area contributed by atoms with Crippen LogP contribution in [-0.2, 0) is 4.79 Å². The third-order valence-electron chi connectivity index (χ3n) is 3.64. The molecule has 0 saturated heterocycles. The van der Waals surface area contributed by atoms with Crippen molar-refractivity contribution in [2.45, 2.75) is 25.3 Å². The van der Waals surface area contributed by atoms with Gasteiger partial charge < -0.3 is 10.4 Å². The van der Waals surface area contributed by atoms with Gasteiger partial charge in [-0.15, -0.1) is 0 Å². The summed E-state index contributed by atoms with van der Waals surface area (Å²) in [7, 11) is 0. The highest BCUT2D eigenvalue weighted by atomic mass is 16.4. The van der Waals surface area contributed by atoms with E-state index in [2.05, 4.69) is 5.32 Å². The maximum atomic E-state index is 12.2. The zero-order chi connectivity index (χ0) is 17.4. The number of amides is 1. The van der Waals surface area contributed by atoms with Crippen molar-refractivity contribution in [3.63, 3.8) is 0 Å². The van der Waals surface area contributed by atoms with Gasteiger partial charge in [0.05, 0.1) is 6.07 Å². The minimum Gasteiger partial charge on any atom is -0.480 e. The first kappa shape index (κ1) is 17.2. The van der Waals surface area contributed by atoms with Gasteiger partial charge in [0.25, 0.3) is 5.91 Å². The molecular formula is C19H18N2O3. The van der Waals surface area contributed by atoms with Crippen LogP contribution in [0.5, 0.6) is 0 Å². The van der Waals surface area contributed by atoms with Crippen LogP contribution in [0.4, 0.5) is 0 Å². The van der Waals surface area contributed by atoms with Crippen LogP contribution in [0.2, 0.25) is 0 Å². The molecule has 0 bridgehead atoms. The van der Waals surface area contributed by atoms with Gasteiger partial charge in [-0.1, -0.05) is 42.5 Å². The summed E-state index contributed by atoms with van der Waals surface area (Å²) in [6.45, 7) is 0. The number of benzene rings is 2. The van der Waals surface area contributed by atoms with Crippen molar-refractivity contribution >= 4 is 11.9 Å². The van der Waals surface area contributed by atoms with E-state index in [0.29, 0.717) is 12.0 Å².